The number of aliphatic hydroxyl groups is 1. The number of alkyl halides is 1. The maximum atomic E-state index is 14.2. The summed E-state index contributed by atoms with van der Waals surface area (Å²) in [5.41, 5.74) is -1.67. The molecule has 190 valence electrons. The zero-order valence-electron chi connectivity index (χ0n) is 20.9. The van der Waals surface area contributed by atoms with E-state index in [0.29, 0.717) is 25.9 Å². The summed E-state index contributed by atoms with van der Waals surface area (Å²) >= 11 is 3.68. The van der Waals surface area contributed by atoms with E-state index in [9.17, 15) is 19.5 Å². The molecule has 3 unspecified atom stereocenters. The highest BCUT2D eigenvalue weighted by atomic mass is 79.9. The van der Waals surface area contributed by atoms with E-state index in [0.717, 1.165) is 0 Å². The van der Waals surface area contributed by atoms with Crippen molar-refractivity contribution in [2.45, 2.75) is 74.7 Å². The van der Waals surface area contributed by atoms with Crippen molar-refractivity contribution in [2.24, 2.45) is 11.8 Å². The number of hydrogen-bond donors (Lipinski definition) is 1. The number of carbonyl (C=O) groups excluding carboxylic acids is 3. The first-order valence-electron chi connectivity index (χ1n) is 11.9. The van der Waals surface area contributed by atoms with Gasteiger partial charge in [-0.1, -0.05) is 35.0 Å². The second-order valence-electron chi connectivity index (χ2n) is 10.6. The van der Waals surface area contributed by atoms with Gasteiger partial charge < -0.3 is 24.5 Å². The Morgan fingerprint density at radius 1 is 1.29 bits per heavy atom. The number of fused-ring (bicyclic) bond motifs is 1. The zero-order chi connectivity index (χ0) is 25.6. The van der Waals surface area contributed by atoms with Gasteiger partial charge in [0.1, 0.15) is 11.6 Å². The molecule has 0 saturated carbocycles. The van der Waals surface area contributed by atoms with Crippen LogP contribution in [0.4, 0.5) is 0 Å². The van der Waals surface area contributed by atoms with E-state index in [-0.39, 0.29) is 29.2 Å². The molecule has 1 N–H and O–H groups in total. The van der Waals surface area contributed by atoms with Gasteiger partial charge in [-0.15, -0.1) is 13.2 Å². The fourth-order valence-electron chi connectivity index (χ4n) is 5.95. The highest BCUT2D eigenvalue weighted by Gasteiger charge is 2.77. The first kappa shape index (κ1) is 26.9. The molecule has 2 bridgehead atoms. The molecule has 0 aromatic carbocycles. The third-order valence-corrected chi connectivity index (χ3v) is 8.33. The maximum Gasteiger partial charge on any atom is 0.249 e. The van der Waals surface area contributed by atoms with Crippen LogP contribution in [-0.4, -0.2) is 98.4 Å². The predicted octanol–water partition coefficient (Wildman–Crippen LogP) is 1.96. The molecule has 0 radical (unpaired) electrons. The molecule has 8 nitrogen and oxygen atoms in total. The molecule has 3 fully saturated rings. The monoisotopic (exact) mass is 539 g/mol. The van der Waals surface area contributed by atoms with Crippen LogP contribution < -0.4 is 0 Å². The second-order valence-corrected chi connectivity index (χ2v) is 11.7. The van der Waals surface area contributed by atoms with Crippen LogP contribution in [0.3, 0.4) is 0 Å². The van der Waals surface area contributed by atoms with E-state index in [1.807, 2.05) is 27.7 Å². The number of hydrogen-bond acceptors (Lipinski definition) is 5. The third-order valence-electron chi connectivity index (χ3n) is 7.49. The van der Waals surface area contributed by atoms with E-state index in [1.165, 1.54) is 4.90 Å². The van der Waals surface area contributed by atoms with Gasteiger partial charge in [0.15, 0.2) is 0 Å². The van der Waals surface area contributed by atoms with Crippen LogP contribution in [-0.2, 0) is 19.1 Å². The number of ether oxygens (including phenoxy) is 1. The lowest BCUT2D eigenvalue weighted by molar-refractivity contribution is -0.154. The van der Waals surface area contributed by atoms with Crippen LogP contribution in [0.1, 0.15) is 40.5 Å². The van der Waals surface area contributed by atoms with E-state index in [1.54, 1.807) is 29.0 Å². The third kappa shape index (κ3) is 4.03. The molecule has 34 heavy (non-hydrogen) atoms. The minimum Gasteiger partial charge on any atom is -0.394 e. The molecule has 3 aliphatic rings. The Morgan fingerprint density at radius 2 is 1.91 bits per heavy atom. The van der Waals surface area contributed by atoms with Crippen molar-refractivity contribution in [3.8, 4) is 0 Å². The van der Waals surface area contributed by atoms with Gasteiger partial charge in [-0.2, -0.15) is 0 Å². The largest absolute Gasteiger partial charge is 0.394 e. The zero-order valence-corrected chi connectivity index (χ0v) is 22.5. The Labute approximate surface area is 211 Å². The van der Waals surface area contributed by atoms with Crippen LogP contribution in [0.5, 0.6) is 0 Å². The number of nitrogens with zero attached hydrogens (tertiary/aromatic N) is 3. The van der Waals surface area contributed by atoms with Crippen molar-refractivity contribution in [1.82, 2.24) is 14.7 Å². The Morgan fingerprint density at radius 3 is 2.41 bits per heavy atom. The molecule has 3 saturated heterocycles. The normalized spacial score (nSPS) is 33.0. The molecule has 0 aliphatic carbocycles. The molecular weight excluding hydrogens is 502 g/mol. The number of amides is 3. The van der Waals surface area contributed by atoms with Gasteiger partial charge in [0.05, 0.1) is 30.6 Å². The smallest absolute Gasteiger partial charge is 0.249 e. The van der Waals surface area contributed by atoms with Crippen molar-refractivity contribution in [2.75, 3.05) is 26.7 Å². The topological polar surface area (TPSA) is 90.4 Å². The summed E-state index contributed by atoms with van der Waals surface area (Å²) < 4.78 is 6.54. The van der Waals surface area contributed by atoms with Crippen molar-refractivity contribution in [3.63, 3.8) is 0 Å². The van der Waals surface area contributed by atoms with E-state index < -0.39 is 41.2 Å². The Kier molecular flexibility index (Phi) is 7.70. The van der Waals surface area contributed by atoms with Crippen LogP contribution in [0.25, 0.3) is 0 Å². The minimum atomic E-state index is -1.14. The summed E-state index contributed by atoms with van der Waals surface area (Å²) in [5.74, 6) is -2.24. The molecule has 0 aromatic rings. The van der Waals surface area contributed by atoms with Crippen LogP contribution >= 0.6 is 15.9 Å². The summed E-state index contributed by atoms with van der Waals surface area (Å²) in [5, 5.41) is 10.1. The van der Waals surface area contributed by atoms with Crippen molar-refractivity contribution >= 4 is 33.7 Å². The highest BCUT2D eigenvalue weighted by molar-refractivity contribution is 9.09. The van der Waals surface area contributed by atoms with Gasteiger partial charge in [0.2, 0.25) is 17.7 Å². The Balaban J connectivity index is 2.15. The highest BCUT2D eigenvalue weighted by Crippen LogP contribution is 2.61. The number of rotatable bonds is 9. The van der Waals surface area contributed by atoms with Crippen molar-refractivity contribution < 1.29 is 24.2 Å². The second kappa shape index (κ2) is 9.74. The molecule has 3 rings (SSSR count). The van der Waals surface area contributed by atoms with Gasteiger partial charge in [-0.05, 0) is 33.6 Å². The first-order valence-corrected chi connectivity index (χ1v) is 12.9. The van der Waals surface area contributed by atoms with Gasteiger partial charge in [-0.3, -0.25) is 14.4 Å². The molecule has 3 amide bonds. The molecule has 9 heteroatoms. The molecule has 3 heterocycles. The minimum absolute atomic E-state index is 0.172. The molecule has 7 atom stereocenters. The first-order chi connectivity index (χ1) is 15.9. The van der Waals surface area contributed by atoms with Crippen LogP contribution in [0, 0.1) is 11.8 Å². The number of likely N-dealkylation sites (tertiary alicyclic amines) is 1. The Bertz CT molecular complexity index is 854. The van der Waals surface area contributed by atoms with Crippen LogP contribution in [0.15, 0.2) is 25.3 Å². The lowest BCUT2D eigenvalue weighted by Crippen LogP contribution is -2.61. The fourth-order valence-corrected chi connectivity index (χ4v) is 6.89. The summed E-state index contributed by atoms with van der Waals surface area (Å²) in [6.45, 7) is 15.6. The van der Waals surface area contributed by atoms with Crippen LogP contribution in [0.2, 0.25) is 0 Å². The Hall–Kier alpha value is -1.71. The van der Waals surface area contributed by atoms with Crippen molar-refractivity contribution in [3.05, 3.63) is 25.3 Å². The van der Waals surface area contributed by atoms with Gasteiger partial charge in [0.25, 0.3) is 0 Å². The summed E-state index contributed by atoms with van der Waals surface area (Å²) in [6.07, 6.45) is 3.70. The standard InChI is InChI=1S/C25H38BrN3O5/c1-8-11-27(7)21(31)17-18-22(32)29(15(10-3)14-30)20(25(18)13-16(26)19(17)34-25)23(33)28(12-9-2)24(4,5)6/h8-9,15-20,30H,1-2,10-14H2,3-7H3/t15-,16?,17-,18-,19-,20?,25?/m0/s1. The summed E-state index contributed by atoms with van der Waals surface area (Å²) in [6, 6.07) is -1.49. The lowest BCUT2D eigenvalue weighted by atomic mass is 9.70. The average Bonchev–Trinajstić information content (AvgIpc) is 3.35. The number of likely N-dealkylation sites (N-methyl/N-ethyl adjacent to an activating group) is 1. The van der Waals surface area contributed by atoms with E-state index >= 15 is 0 Å². The van der Waals surface area contributed by atoms with Gasteiger partial charge in [-0.25, -0.2) is 0 Å². The molecule has 0 aromatic heterocycles. The molecular formula is C25H38BrN3O5. The molecule has 1 spiro atoms. The van der Waals surface area contributed by atoms with Gasteiger partial charge >= 0.3 is 0 Å². The lowest BCUT2D eigenvalue weighted by Gasteiger charge is -2.43. The number of carbonyl (C=O) groups is 3. The predicted molar refractivity (Wildman–Crippen MR) is 133 cm³/mol. The molecule has 3 aliphatic heterocycles. The number of halogens is 1. The fraction of sp³-hybridized carbons (Fsp3) is 0.720. The van der Waals surface area contributed by atoms with E-state index in [4.69, 9.17) is 4.74 Å². The van der Waals surface area contributed by atoms with Gasteiger partial charge in [0, 0.05) is 30.5 Å². The quantitative estimate of drug-likeness (QED) is 0.357. The summed E-state index contributed by atoms with van der Waals surface area (Å²) in [7, 11) is 1.68. The van der Waals surface area contributed by atoms with Crippen molar-refractivity contribution in [1.29, 1.82) is 0 Å². The summed E-state index contributed by atoms with van der Waals surface area (Å²) in [4.78, 5) is 46.3. The van der Waals surface area contributed by atoms with E-state index in [2.05, 4.69) is 29.1 Å². The number of aliphatic hydroxyl groups excluding tert-OH is 1. The maximum absolute atomic E-state index is 14.2. The SMILES string of the molecule is C=CCN(C)C(=O)[C@H]1[C@H]2C(=O)N([C@@H](CC)CO)C(C(=O)N(CC=C)C(C)(C)C)C23CC(Br)[C@@H]1O3. The average molecular weight is 540 g/mol.